The first-order valence-electron chi connectivity index (χ1n) is 8.26. The summed E-state index contributed by atoms with van der Waals surface area (Å²) in [5.41, 5.74) is 1.89. The van der Waals surface area contributed by atoms with Gasteiger partial charge < -0.3 is 0 Å². The third kappa shape index (κ3) is 4.35. The largest absolute Gasteiger partial charge is 0.266 e. The van der Waals surface area contributed by atoms with E-state index in [0.29, 0.717) is 11.4 Å². The number of nitrogens with zero attached hydrogens (tertiary/aromatic N) is 1. The van der Waals surface area contributed by atoms with Crippen LogP contribution in [0.2, 0.25) is 0 Å². The Morgan fingerprint density at radius 2 is 1.52 bits per heavy atom. The van der Waals surface area contributed by atoms with Crippen molar-refractivity contribution >= 4 is 15.7 Å². The van der Waals surface area contributed by atoms with Crippen LogP contribution in [-0.2, 0) is 16.4 Å². The van der Waals surface area contributed by atoms with Gasteiger partial charge in [0.05, 0.1) is 10.6 Å². The van der Waals surface area contributed by atoms with Crippen LogP contribution in [0.1, 0.15) is 38.7 Å². The van der Waals surface area contributed by atoms with Gasteiger partial charge in [0.15, 0.2) is 0 Å². The molecule has 2 aromatic carbocycles. The molecule has 0 fully saturated rings. The molecule has 0 aliphatic carbocycles. The number of rotatable bonds is 8. The van der Waals surface area contributed by atoms with E-state index >= 15 is 0 Å². The summed E-state index contributed by atoms with van der Waals surface area (Å²) in [6.45, 7) is 4.68. The highest BCUT2D eigenvalue weighted by Gasteiger charge is 2.24. The maximum atomic E-state index is 13.0. The molecule has 0 saturated heterocycles. The molecule has 0 atom stereocenters. The molecule has 0 bridgehead atoms. The lowest BCUT2D eigenvalue weighted by Gasteiger charge is -2.24. The van der Waals surface area contributed by atoms with Gasteiger partial charge in [-0.25, -0.2) is 8.42 Å². The van der Waals surface area contributed by atoms with Crippen LogP contribution in [-0.4, -0.2) is 15.0 Å². The van der Waals surface area contributed by atoms with E-state index < -0.39 is 10.0 Å². The van der Waals surface area contributed by atoms with Gasteiger partial charge in [-0.15, -0.1) is 0 Å². The molecule has 4 heteroatoms. The molecule has 23 heavy (non-hydrogen) atoms. The summed E-state index contributed by atoms with van der Waals surface area (Å²) in [5, 5.41) is 0. The van der Waals surface area contributed by atoms with Gasteiger partial charge in [0.2, 0.25) is 0 Å². The number of aryl methyl sites for hydroxylation is 1. The quantitative estimate of drug-likeness (QED) is 0.707. The lowest BCUT2D eigenvalue weighted by atomic mass is 10.1. The molecule has 0 unspecified atom stereocenters. The number of unbranched alkanes of at least 4 members (excludes halogenated alkanes) is 1. The van der Waals surface area contributed by atoms with Crippen LogP contribution in [0.4, 0.5) is 5.69 Å². The zero-order chi connectivity index (χ0) is 16.7. The number of hydrogen-bond donors (Lipinski definition) is 0. The van der Waals surface area contributed by atoms with Crippen molar-refractivity contribution in [2.75, 3.05) is 10.8 Å². The molecule has 0 amide bonds. The summed E-state index contributed by atoms with van der Waals surface area (Å²) in [4.78, 5) is 0.359. The SMILES string of the molecule is CCCCN(c1ccccc1)S(=O)(=O)c1ccc(CCC)cc1. The van der Waals surface area contributed by atoms with Crippen LogP contribution in [0.3, 0.4) is 0 Å². The van der Waals surface area contributed by atoms with Crippen molar-refractivity contribution < 1.29 is 8.42 Å². The monoisotopic (exact) mass is 331 g/mol. The molecule has 0 radical (unpaired) electrons. The fraction of sp³-hybridized carbons (Fsp3) is 0.368. The van der Waals surface area contributed by atoms with Crippen molar-refractivity contribution in [3.8, 4) is 0 Å². The van der Waals surface area contributed by atoms with Gasteiger partial charge >= 0.3 is 0 Å². The summed E-state index contributed by atoms with van der Waals surface area (Å²) in [6, 6.07) is 16.6. The van der Waals surface area contributed by atoms with Crippen molar-refractivity contribution in [1.82, 2.24) is 0 Å². The Labute approximate surface area is 140 Å². The standard InChI is InChI=1S/C19H25NO2S/c1-3-5-16-20(18-10-7-6-8-11-18)23(21,22)19-14-12-17(9-4-2)13-15-19/h6-8,10-15H,3-5,9,16H2,1-2H3. The summed E-state index contributed by atoms with van der Waals surface area (Å²) in [6.07, 6.45) is 3.81. The Hall–Kier alpha value is -1.81. The molecule has 0 aliphatic heterocycles. The molecule has 0 aliphatic rings. The molecular weight excluding hydrogens is 306 g/mol. The highest BCUT2D eigenvalue weighted by molar-refractivity contribution is 7.92. The van der Waals surface area contributed by atoms with E-state index in [1.165, 1.54) is 9.87 Å². The molecular formula is C19H25NO2S. The summed E-state index contributed by atoms with van der Waals surface area (Å²) in [7, 11) is -3.52. The average Bonchev–Trinajstić information content (AvgIpc) is 2.57. The Morgan fingerprint density at radius 3 is 2.09 bits per heavy atom. The van der Waals surface area contributed by atoms with Crippen LogP contribution in [0, 0.1) is 0 Å². The third-order valence-electron chi connectivity index (χ3n) is 3.81. The van der Waals surface area contributed by atoms with Gasteiger partial charge in [0, 0.05) is 6.54 Å². The van der Waals surface area contributed by atoms with E-state index in [1.807, 2.05) is 42.5 Å². The molecule has 0 aromatic heterocycles. The van der Waals surface area contributed by atoms with Crippen molar-refractivity contribution in [1.29, 1.82) is 0 Å². The van der Waals surface area contributed by atoms with Crippen molar-refractivity contribution in [2.24, 2.45) is 0 Å². The first-order chi connectivity index (χ1) is 11.1. The molecule has 0 heterocycles. The number of benzene rings is 2. The van der Waals surface area contributed by atoms with Crippen LogP contribution in [0.5, 0.6) is 0 Å². The van der Waals surface area contributed by atoms with Crippen LogP contribution in [0.25, 0.3) is 0 Å². The van der Waals surface area contributed by atoms with Crippen molar-refractivity contribution in [2.45, 2.75) is 44.4 Å². The minimum atomic E-state index is -3.52. The Balaban J connectivity index is 2.35. The molecule has 0 N–H and O–H groups in total. The predicted molar refractivity (Wildman–Crippen MR) is 96.3 cm³/mol. The van der Waals surface area contributed by atoms with Crippen LogP contribution < -0.4 is 4.31 Å². The zero-order valence-electron chi connectivity index (χ0n) is 13.9. The summed E-state index contributed by atoms with van der Waals surface area (Å²) >= 11 is 0. The molecule has 2 rings (SSSR count). The second kappa shape index (κ2) is 8.16. The first kappa shape index (κ1) is 17.5. The second-order valence-electron chi connectivity index (χ2n) is 5.66. The number of anilines is 1. The van der Waals surface area contributed by atoms with Gasteiger partial charge in [-0.1, -0.05) is 57.0 Å². The summed E-state index contributed by atoms with van der Waals surface area (Å²) in [5.74, 6) is 0. The Morgan fingerprint density at radius 1 is 0.870 bits per heavy atom. The minimum Gasteiger partial charge on any atom is -0.266 e. The molecule has 0 saturated carbocycles. The highest BCUT2D eigenvalue weighted by atomic mass is 32.2. The minimum absolute atomic E-state index is 0.359. The van der Waals surface area contributed by atoms with Crippen molar-refractivity contribution in [3.05, 3.63) is 60.2 Å². The Bertz CT molecular complexity index is 694. The maximum Gasteiger partial charge on any atom is 0.264 e. The summed E-state index contributed by atoms with van der Waals surface area (Å²) < 4.78 is 27.6. The van der Waals surface area contributed by atoms with Gasteiger partial charge in [0.1, 0.15) is 0 Å². The fourth-order valence-electron chi connectivity index (χ4n) is 2.53. The van der Waals surface area contributed by atoms with Crippen LogP contribution >= 0.6 is 0 Å². The van der Waals surface area contributed by atoms with E-state index in [2.05, 4.69) is 13.8 Å². The second-order valence-corrected chi connectivity index (χ2v) is 7.52. The zero-order valence-corrected chi connectivity index (χ0v) is 14.7. The average molecular weight is 331 g/mol. The number of para-hydroxylation sites is 1. The van der Waals surface area contributed by atoms with Gasteiger partial charge in [-0.05, 0) is 42.7 Å². The van der Waals surface area contributed by atoms with Gasteiger partial charge in [-0.2, -0.15) is 0 Å². The van der Waals surface area contributed by atoms with E-state index in [9.17, 15) is 8.42 Å². The van der Waals surface area contributed by atoms with Crippen LogP contribution in [0.15, 0.2) is 59.5 Å². The van der Waals surface area contributed by atoms with E-state index in [1.54, 1.807) is 12.1 Å². The van der Waals surface area contributed by atoms with Crippen molar-refractivity contribution in [3.63, 3.8) is 0 Å². The maximum absolute atomic E-state index is 13.0. The molecule has 0 spiro atoms. The normalized spacial score (nSPS) is 11.4. The molecule has 124 valence electrons. The number of sulfonamides is 1. The number of hydrogen-bond acceptors (Lipinski definition) is 2. The topological polar surface area (TPSA) is 37.4 Å². The highest BCUT2D eigenvalue weighted by Crippen LogP contribution is 2.24. The predicted octanol–water partition coefficient (Wildman–Crippen LogP) is 4.63. The first-order valence-corrected chi connectivity index (χ1v) is 9.70. The lowest BCUT2D eigenvalue weighted by Crippen LogP contribution is -2.32. The lowest BCUT2D eigenvalue weighted by molar-refractivity contribution is 0.588. The van der Waals surface area contributed by atoms with E-state index in [0.717, 1.165) is 31.4 Å². The van der Waals surface area contributed by atoms with Gasteiger partial charge in [0.25, 0.3) is 10.0 Å². The Kier molecular flexibility index (Phi) is 6.22. The third-order valence-corrected chi connectivity index (χ3v) is 5.65. The van der Waals surface area contributed by atoms with E-state index in [4.69, 9.17) is 0 Å². The van der Waals surface area contributed by atoms with Gasteiger partial charge in [-0.3, -0.25) is 4.31 Å². The molecule has 2 aromatic rings. The molecule has 3 nitrogen and oxygen atoms in total. The smallest absolute Gasteiger partial charge is 0.264 e. The van der Waals surface area contributed by atoms with E-state index in [-0.39, 0.29) is 0 Å². The fourth-order valence-corrected chi connectivity index (χ4v) is 4.03.